The average molecular weight is 285 g/mol. The van der Waals surface area contributed by atoms with E-state index >= 15 is 0 Å². The van der Waals surface area contributed by atoms with Gasteiger partial charge in [0.2, 0.25) is 0 Å². The predicted octanol–water partition coefficient (Wildman–Crippen LogP) is 8.29. The Hall–Kier alpha value is 0. The second kappa shape index (κ2) is 24.0. The Morgan fingerprint density at radius 1 is 0.250 bits per heavy atom. The Bertz CT molecular complexity index is 114. The lowest BCUT2D eigenvalue weighted by atomic mass is 10.1. The molecular weight excluding hydrogens is 240 g/mol. The molecule has 0 aromatic carbocycles. The molecule has 0 nitrogen and oxygen atoms in total. The summed E-state index contributed by atoms with van der Waals surface area (Å²) in [6.07, 6.45) is 22.9. The quantitative estimate of drug-likeness (QED) is 0.281. The van der Waals surface area contributed by atoms with Crippen LogP contribution in [-0.2, 0) is 0 Å². The van der Waals surface area contributed by atoms with E-state index in [0.29, 0.717) is 0 Å². The molecule has 0 N–H and O–H groups in total. The molecule has 0 fully saturated rings. The van der Waals surface area contributed by atoms with Crippen LogP contribution in [0.15, 0.2) is 0 Å². The van der Waals surface area contributed by atoms with Gasteiger partial charge < -0.3 is 0 Å². The number of unbranched alkanes of at least 4 members (excludes halogenated alkanes) is 14. The molecule has 0 aliphatic carbocycles. The smallest absolute Gasteiger partial charge is 0.0533 e. The first-order valence-electron chi connectivity index (χ1n) is 9.83. The Labute approximate surface area is 131 Å². The molecule has 0 aliphatic heterocycles. The topological polar surface area (TPSA) is 0 Å². The predicted molar refractivity (Wildman–Crippen MR) is 96.6 cm³/mol. The summed E-state index contributed by atoms with van der Waals surface area (Å²) in [6, 6.07) is 0. The van der Waals surface area contributed by atoms with E-state index in [2.05, 4.69) is 27.7 Å². The highest BCUT2D eigenvalue weighted by Gasteiger charge is 1.89. The van der Waals surface area contributed by atoms with E-state index in [0.717, 1.165) is 0 Å². The summed E-state index contributed by atoms with van der Waals surface area (Å²) in [6.45, 7) is 9.08. The van der Waals surface area contributed by atoms with Crippen molar-refractivity contribution in [1.29, 1.82) is 0 Å². The van der Waals surface area contributed by atoms with Crippen LogP contribution in [0.1, 0.15) is 130 Å². The van der Waals surface area contributed by atoms with Crippen LogP contribution in [0.2, 0.25) is 0 Å². The molecule has 0 amide bonds. The van der Waals surface area contributed by atoms with Crippen LogP contribution in [0.4, 0.5) is 0 Å². The van der Waals surface area contributed by atoms with Crippen LogP contribution in [0.5, 0.6) is 0 Å². The van der Waals surface area contributed by atoms with Crippen molar-refractivity contribution in [2.75, 3.05) is 0 Å². The van der Waals surface area contributed by atoms with Gasteiger partial charge in [-0.2, -0.15) is 0 Å². The highest BCUT2D eigenvalue weighted by atomic mass is 14.0. The lowest BCUT2D eigenvalue weighted by Crippen LogP contribution is -1.79. The van der Waals surface area contributed by atoms with Gasteiger partial charge in [-0.05, 0) is 0 Å². The fourth-order valence-corrected chi connectivity index (χ4v) is 2.41. The zero-order valence-electron chi connectivity index (χ0n) is 15.3. The molecule has 0 rings (SSSR count). The molecule has 0 atom stereocenters. The normalized spacial score (nSPS) is 10.2. The molecule has 0 aromatic rings. The van der Waals surface area contributed by atoms with Crippen LogP contribution in [-0.4, -0.2) is 0 Å². The third kappa shape index (κ3) is 26.5. The minimum atomic E-state index is 1.37. The van der Waals surface area contributed by atoms with Crippen molar-refractivity contribution >= 4 is 0 Å². The molecule has 0 unspecified atom stereocenters. The minimum absolute atomic E-state index is 1.37. The van der Waals surface area contributed by atoms with E-state index in [9.17, 15) is 0 Å². The fraction of sp³-hybridized carbons (Fsp3) is 1.00. The SMILES string of the molecule is CCCCCCCCC.CCCCCCCCCCC. The molecule has 0 saturated heterocycles. The highest BCUT2D eigenvalue weighted by molar-refractivity contribution is 4.44. The average Bonchev–Trinajstić information content (AvgIpc) is 2.47. The first-order valence-corrected chi connectivity index (χ1v) is 9.83. The summed E-state index contributed by atoms with van der Waals surface area (Å²) in [5.41, 5.74) is 0. The molecule has 0 aliphatic rings. The van der Waals surface area contributed by atoms with Crippen molar-refractivity contribution < 1.29 is 0 Å². The van der Waals surface area contributed by atoms with Crippen LogP contribution < -0.4 is 0 Å². The third-order valence-electron chi connectivity index (χ3n) is 3.91. The molecular formula is C20H44. The van der Waals surface area contributed by atoms with E-state index < -0.39 is 0 Å². The Balaban J connectivity index is 0. The maximum absolute atomic E-state index is 2.27. The molecule has 0 heterocycles. The molecule has 0 spiro atoms. The van der Waals surface area contributed by atoms with Crippen molar-refractivity contribution in [3.05, 3.63) is 0 Å². The van der Waals surface area contributed by atoms with Crippen molar-refractivity contribution in [1.82, 2.24) is 0 Å². The fourth-order valence-electron chi connectivity index (χ4n) is 2.41. The monoisotopic (exact) mass is 284 g/mol. The minimum Gasteiger partial charge on any atom is -0.0654 e. The van der Waals surface area contributed by atoms with Crippen molar-refractivity contribution in [3.8, 4) is 0 Å². The lowest BCUT2D eigenvalue weighted by Gasteiger charge is -1.98. The zero-order chi connectivity index (χ0) is 15.3. The first-order chi connectivity index (χ1) is 9.83. The van der Waals surface area contributed by atoms with E-state index in [1.165, 1.54) is 103 Å². The lowest BCUT2D eigenvalue weighted by molar-refractivity contribution is 0.572. The number of rotatable bonds is 14. The van der Waals surface area contributed by atoms with Crippen molar-refractivity contribution in [2.45, 2.75) is 130 Å². The van der Waals surface area contributed by atoms with Gasteiger partial charge in [-0.3, -0.25) is 0 Å². The maximum Gasteiger partial charge on any atom is -0.0533 e. The summed E-state index contributed by atoms with van der Waals surface area (Å²) in [4.78, 5) is 0. The standard InChI is InChI=1S/C11H24.C9H20/c1-3-5-7-9-11-10-8-6-4-2;1-3-5-7-9-8-6-4-2/h3-11H2,1-2H3;3-9H2,1-2H3. The molecule has 20 heavy (non-hydrogen) atoms. The first kappa shape index (κ1) is 22.3. The molecule has 0 saturated carbocycles. The van der Waals surface area contributed by atoms with E-state index in [1.54, 1.807) is 0 Å². The van der Waals surface area contributed by atoms with Gasteiger partial charge in [0.05, 0.1) is 0 Å². The Kier molecular flexibility index (Phi) is 26.8. The van der Waals surface area contributed by atoms with Gasteiger partial charge in [0.15, 0.2) is 0 Å². The van der Waals surface area contributed by atoms with Gasteiger partial charge in [-0.1, -0.05) is 130 Å². The maximum atomic E-state index is 2.27. The summed E-state index contributed by atoms with van der Waals surface area (Å²) >= 11 is 0. The van der Waals surface area contributed by atoms with E-state index in [4.69, 9.17) is 0 Å². The van der Waals surface area contributed by atoms with Crippen LogP contribution in [0, 0.1) is 0 Å². The molecule has 0 bridgehead atoms. The summed E-state index contributed by atoms with van der Waals surface area (Å²) in [7, 11) is 0. The zero-order valence-corrected chi connectivity index (χ0v) is 15.3. The summed E-state index contributed by atoms with van der Waals surface area (Å²) in [5, 5.41) is 0. The van der Waals surface area contributed by atoms with Crippen LogP contribution >= 0.6 is 0 Å². The third-order valence-corrected chi connectivity index (χ3v) is 3.91. The highest BCUT2D eigenvalue weighted by Crippen LogP contribution is 2.08. The van der Waals surface area contributed by atoms with E-state index in [1.807, 2.05) is 0 Å². The molecule has 124 valence electrons. The second-order valence-corrected chi connectivity index (χ2v) is 6.24. The van der Waals surface area contributed by atoms with Gasteiger partial charge in [0, 0.05) is 0 Å². The van der Waals surface area contributed by atoms with Gasteiger partial charge in [0.25, 0.3) is 0 Å². The van der Waals surface area contributed by atoms with Crippen molar-refractivity contribution in [3.63, 3.8) is 0 Å². The molecule has 0 radical (unpaired) electrons. The van der Waals surface area contributed by atoms with Gasteiger partial charge in [0.1, 0.15) is 0 Å². The summed E-state index contributed by atoms with van der Waals surface area (Å²) < 4.78 is 0. The van der Waals surface area contributed by atoms with Crippen LogP contribution in [0.25, 0.3) is 0 Å². The van der Waals surface area contributed by atoms with Crippen LogP contribution in [0.3, 0.4) is 0 Å². The number of hydrogen-bond donors (Lipinski definition) is 0. The van der Waals surface area contributed by atoms with Crippen molar-refractivity contribution in [2.24, 2.45) is 0 Å². The molecule has 0 heteroatoms. The van der Waals surface area contributed by atoms with E-state index in [-0.39, 0.29) is 0 Å². The van der Waals surface area contributed by atoms with Gasteiger partial charge >= 0.3 is 0 Å². The summed E-state index contributed by atoms with van der Waals surface area (Å²) in [5.74, 6) is 0. The largest absolute Gasteiger partial charge is 0.0654 e. The second-order valence-electron chi connectivity index (χ2n) is 6.24. The van der Waals surface area contributed by atoms with Gasteiger partial charge in [-0.15, -0.1) is 0 Å². The Morgan fingerprint density at radius 2 is 0.400 bits per heavy atom. The molecule has 0 aromatic heterocycles. The van der Waals surface area contributed by atoms with Gasteiger partial charge in [-0.25, -0.2) is 0 Å². The Morgan fingerprint density at radius 3 is 0.550 bits per heavy atom. The number of hydrogen-bond acceptors (Lipinski definition) is 0.